The number of Topliss-reactive ketones (excluding diaryl/α,β-unsaturated/α-hetero) is 1. The van der Waals surface area contributed by atoms with E-state index in [9.17, 15) is 25.2 Å². The van der Waals surface area contributed by atoms with Gasteiger partial charge in [-0.1, -0.05) is 61.7 Å². The molecule has 0 heterocycles. The fourth-order valence-electron chi connectivity index (χ4n) is 5.91. The Labute approximate surface area is 197 Å². The average Bonchev–Trinajstić information content (AvgIpc) is 2.79. The Kier molecular flexibility index (Phi) is 6.25. The van der Waals surface area contributed by atoms with Gasteiger partial charge in [-0.25, -0.2) is 0 Å². The summed E-state index contributed by atoms with van der Waals surface area (Å²) in [5.74, 6) is -0.714. The predicted molar refractivity (Wildman–Crippen MR) is 124 cm³/mol. The Morgan fingerprint density at radius 1 is 0.625 bits per heavy atom. The minimum Gasteiger partial charge on any atom is -0.508 e. The fourth-order valence-corrected chi connectivity index (χ4v) is 6.33. The van der Waals surface area contributed by atoms with Crippen LogP contribution in [-0.4, -0.2) is 26.2 Å². The van der Waals surface area contributed by atoms with Crippen LogP contribution in [0.15, 0.2) is 24.3 Å². The first-order valence-electron chi connectivity index (χ1n) is 11.2. The van der Waals surface area contributed by atoms with Crippen LogP contribution in [0.1, 0.15) is 75.3 Å². The average molecular weight is 479 g/mol. The Balaban J connectivity index is 1.96. The zero-order valence-corrected chi connectivity index (χ0v) is 19.3. The van der Waals surface area contributed by atoms with Gasteiger partial charge < -0.3 is 20.4 Å². The van der Waals surface area contributed by atoms with Gasteiger partial charge in [0.1, 0.15) is 23.0 Å². The number of hydrogen-bond donors (Lipinski definition) is 4. The van der Waals surface area contributed by atoms with E-state index in [-0.39, 0.29) is 38.8 Å². The molecule has 0 radical (unpaired) electrons. The van der Waals surface area contributed by atoms with E-state index in [0.717, 1.165) is 38.5 Å². The lowest BCUT2D eigenvalue weighted by atomic mass is 9.55. The van der Waals surface area contributed by atoms with Gasteiger partial charge >= 0.3 is 0 Å². The summed E-state index contributed by atoms with van der Waals surface area (Å²) in [7, 11) is 0. The van der Waals surface area contributed by atoms with Crippen LogP contribution >= 0.6 is 23.2 Å². The van der Waals surface area contributed by atoms with Crippen molar-refractivity contribution in [2.45, 2.75) is 75.0 Å². The molecule has 0 bridgehead atoms. The Morgan fingerprint density at radius 3 is 1.31 bits per heavy atom. The van der Waals surface area contributed by atoms with E-state index >= 15 is 0 Å². The summed E-state index contributed by atoms with van der Waals surface area (Å²) in [5, 5.41) is 42.3. The van der Waals surface area contributed by atoms with E-state index in [1.807, 2.05) is 0 Å². The minimum absolute atomic E-state index is 0.00121. The number of ketones is 1. The van der Waals surface area contributed by atoms with Crippen LogP contribution in [0, 0.1) is 0 Å². The molecule has 5 nitrogen and oxygen atoms in total. The number of phenolic OH excluding ortho intramolecular Hbond substituents is 4. The SMILES string of the molecule is O=C(C1(c2cc(O)cc(Cl)c2O)CCCCC1)C1(c2cc(O)cc(Cl)c2O)CCCCC1. The Morgan fingerprint density at radius 2 is 0.969 bits per heavy atom. The Hall–Kier alpha value is -2.11. The summed E-state index contributed by atoms with van der Waals surface area (Å²) >= 11 is 12.4. The molecular weight excluding hydrogens is 451 g/mol. The van der Waals surface area contributed by atoms with Crippen LogP contribution in [0.2, 0.25) is 10.0 Å². The summed E-state index contributed by atoms with van der Waals surface area (Å²) < 4.78 is 0. The van der Waals surface area contributed by atoms with Gasteiger partial charge in [-0.3, -0.25) is 4.79 Å². The van der Waals surface area contributed by atoms with Crippen LogP contribution < -0.4 is 0 Å². The van der Waals surface area contributed by atoms with Crippen molar-refractivity contribution in [1.82, 2.24) is 0 Å². The molecule has 7 heteroatoms. The zero-order valence-electron chi connectivity index (χ0n) is 17.8. The number of rotatable bonds is 4. The van der Waals surface area contributed by atoms with Crippen molar-refractivity contribution in [2.24, 2.45) is 0 Å². The van der Waals surface area contributed by atoms with E-state index in [0.29, 0.717) is 36.8 Å². The lowest BCUT2D eigenvalue weighted by Crippen LogP contribution is -2.51. The molecule has 2 aliphatic rings. The maximum Gasteiger partial charge on any atom is 0.154 e. The maximum absolute atomic E-state index is 14.7. The third-order valence-corrected chi connectivity index (χ3v) is 7.99. The number of aromatic hydroxyl groups is 4. The molecule has 0 aromatic heterocycles. The fraction of sp³-hybridized carbons (Fsp3) is 0.480. The molecule has 0 saturated heterocycles. The van der Waals surface area contributed by atoms with Gasteiger partial charge in [0.05, 0.1) is 20.9 Å². The minimum atomic E-state index is -1.06. The second-order valence-corrected chi connectivity index (χ2v) is 10.1. The number of benzene rings is 2. The molecule has 4 rings (SSSR count). The Bertz CT molecular complexity index is 956. The smallest absolute Gasteiger partial charge is 0.154 e. The lowest BCUT2D eigenvalue weighted by molar-refractivity contribution is -0.133. The van der Waals surface area contributed by atoms with E-state index in [2.05, 4.69) is 0 Å². The van der Waals surface area contributed by atoms with Crippen LogP contribution in [0.3, 0.4) is 0 Å². The molecule has 2 aliphatic carbocycles. The van der Waals surface area contributed by atoms with Crippen LogP contribution in [-0.2, 0) is 15.6 Å². The number of phenols is 4. The highest BCUT2D eigenvalue weighted by Gasteiger charge is 2.54. The molecule has 0 amide bonds. The number of halogens is 2. The van der Waals surface area contributed by atoms with Gasteiger partial charge in [0.2, 0.25) is 0 Å². The quantitative estimate of drug-likeness (QED) is 0.376. The molecule has 0 atom stereocenters. The molecule has 4 N–H and O–H groups in total. The molecule has 32 heavy (non-hydrogen) atoms. The summed E-state index contributed by atoms with van der Waals surface area (Å²) in [6.07, 6.45) is 7.15. The lowest BCUT2D eigenvalue weighted by Gasteiger charge is -2.46. The normalized spacial score (nSPS) is 20.1. The highest BCUT2D eigenvalue weighted by Crippen LogP contribution is 2.55. The van der Waals surface area contributed by atoms with Crippen molar-refractivity contribution in [1.29, 1.82) is 0 Å². The van der Waals surface area contributed by atoms with E-state index in [1.54, 1.807) is 0 Å². The molecule has 172 valence electrons. The van der Waals surface area contributed by atoms with Crippen molar-refractivity contribution < 1.29 is 25.2 Å². The van der Waals surface area contributed by atoms with Gasteiger partial charge in [-0.2, -0.15) is 0 Å². The van der Waals surface area contributed by atoms with Crippen LogP contribution in [0.4, 0.5) is 0 Å². The zero-order chi connectivity index (χ0) is 23.1. The second kappa shape index (κ2) is 8.68. The van der Waals surface area contributed by atoms with Gasteiger partial charge in [-0.15, -0.1) is 0 Å². The number of hydrogen-bond acceptors (Lipinski definition) is 5. The second-order valence-electron chi connectivity index (χ2n) is 9.26. The monoisotopic (exact) mass is 478 g/mol. The summed E-state index contributed by atoms with van der Waals surface area (Å²) in [4.78, 5) is 14.7. The highest BCUT2D eigenvalue weighted by molar-refractivity contribution is 6.32. The van der Waals surface area contributed by atoms with Gasteiger partial charge in [0.15, 0.2) is 5.78 Å². The third-order valence-electron chi connectivity index (χ3n) is 7.41. The summed E-state index contributed by atoms with van der Waals surface area (Å²) in [6.45, 7) is 0. The first-order chi connectivity index (χ1) is 15.2. The van der Waals surface area contributed by atoms with Gasteiger partial charge in [-0.05, 0) is 37.8 Å². The van der Waals surface area contributed by atoms with Crippen molar-refractivity contribution in [3.05, 3.63) is 45.4 Å². The molecule has 0 unspecified atom stereocenters. The van der Waals surface area contributed by atoms with E-state index < -0.39 is 10.8 Å². The third kappa shape index (κ3) is 3.69. The molecule has 2 fully saturated rings. The molecule has 2 saturated carbocycles. The molecular formula is C25H28Cl2O5. The van der Waals surface area contributed by atoms with Gasteiger partial charge in [0.25, 0.3) is 0 Å². The van der Waals surface area contributed by atoms with E-state index in [4.69, 9.17) is 23.2 Å². The molecule has 0 aliphatic heterocycles. The molecule has 2 aromatic carbocycles. The standard InChI is InChI=1S/C25H28Cl2O5/c26-19-13-15(28)11-17(21(19)30)24(7-3-1-4-8-24)23(32)25(9-5-2-6-10-25)18-12-16(29)14-20(27)22(18)31/h11-14,28-31H,1-10H2. The first-order valence-corrected chi connectivity index (χ1v) is 12.0. The van der Waals surface area contributed by atoms with Crippen molar-refractivity contribution in [2.75, 3.05) is 0 Å². The maximum atomic E-state index is 14.7. The summed E-state index contributed by atoms with van der Waals surface area (Å²) in [5.41, 5.74) is -1.45. The summed E-state index contributed by atoms with van der Waals surface area (Å²) in [6, 6.07) is 5.41. The molecule has 0 spiro atoms. The van der Waals surface area contributed by atoms with Crippen molar-refractivity contribution in [3.8, 4) is 23.0 Å². The molecule has 2 aromatic rings. The largest absolute Gasteiger partial charge is 0.508 e. The van der Waals surface area contributed by atoms with Crippen LogP contribution in [0.25, 0.3) is 0 Å². The van der Waals surface area contributed by atoms with Crippen LogP contribution in [0.5, 0.6) is 23.0 Å². The van der Waals surface area contributed by atoms with Gasteiger partial charge in [0, 0.05) is 23.3 Å². The van der Waals surface area contributed by atoms with Crippen molar-refractivity contribution >= 4 is 29.0 Å². The highest BCUT2D eigenvalue weighted by atomic mass is 35.5. The predicted octanol–water partition coefficient (Wildman–Crippen LogP) is 6.49. The first kappa shape index (κ1) is 23.1. The number of carbonyl (C=O) groups is 1. The van der Waals surface area contributed by atoms with E-state index in [1.165, 1.54) is 24.3 Å². The van der Waals surface area contributed by atoms with Crippen molar-refractivity contribution in [3.63, 3.8) is 0 Å². The number of carbonyl (C=O) groups excluding carboxylic acids is 1. The topological polar surface area (TPSA) is 98.0 Å².